The number of hydrogen-bond acceptors (Lipinski definition) is 6. The Hall–Kier alpha value is -3.78. The quantitative estimate of drug-likeness (QED) is 0.379. The zero-order chi connectivity index (χ0) is 23.2. The summed E-state index contributed by atoms with van der Waals surface area (Å²) in [5.41, 5.74) is 5.05. The van der Waals surface area contributed by atoms with Crippen molar-refractivity contribution in [1.29, 1.82) is 0 Å². The number of nitrogens with one attached hydrogen (secondary N) is 1. The third-order valence-corrected chi connectivity index (χ3v) is 6.75. The third kappa shape index (κ3) is 3.25. The largest absolute Gasteiger partial charge is 0.493 e. The summed E-state index contributed by atoms with van der Waals surface area (Å²) in [6, 6.07) is 22.0. The van der Waals surface area contributed by atoms with Gasteiger partial charge in [0.1, 0.15) is 24.2 Å². The molecule has 4 aromatic rings. The molecule has 170 valence electrons. The molecule has 3 aromatic carbocycles. The summed E-state index contributed by atoms with van der Waals surface area (Å²) in [6.45, 7) is 0. The lowest BCUT2D eigenvalue weighted by Gasteiger charge is -2.39. The number of halogens is 1. The van der Waals surface area contributed by atoms with E-state index in [2.05, 4.69) is 49.5 Å². The third-order valence-electron chi connectivity index (χ3n) is 6.22. The monoisotopic (exact) mass is 516 g/mol. The van der Waals surface area contributed by atoms with E-state index in [-0.39, 0.29) is 12.1 Å². The first kappa shape index (κ1) is 20.8. The predicted octanol–water partition coefficient (Wildman–Crippen LogP) is 5.62. The fourth-order valence-corrected chi connectivity index (χ4v) is 4.94. The minimum atomic E-state index is -0.386. The van der Waals surface area contributed by atoms with E-state index in [1.165, 1.54) is 0 Å². The van der Waals surface area contributed by atoms with Crippen molar-refractivity contribution in [2.24, 2.45) is 0 Å². The van der Waals surface area contributed by atoms with Gasteiger partial charge in [0.25, 0.3) is 0 Å². The number of ether oxygens (including phenoxy) is 3. The topological polar surface area (TPSA) is 70.4 Å². The van der Waals surface area contributed by atoms with Crippen molar-refractivity contribution in [3.8, 4) is 17.2 Å². The molecule has 2 aliphatic heterocycles. The zero-order valence-electron chi connectivity index (χ0n) is 18.5. The zero-order valence-corrected chi connectivity index (χ0v) is 20.1. The average molecular weight is 517 g/mol. The van der Waals surface area contributed by atoms with E-state index in [9.17, 15) is 0 Å². The summed E-state index contributed by atoms with van der Waals surface area (Å²) < 4.78 is 20.6. The second-order valence-corrected chi connectivity index (χ2v) is 8.96. The van der Waals surface area contributed by atoms with Gasteiger partial charge in [0, 0.05) is 21.2 Å². The lowest BCUT2D eigenvalue weighted by molar-refractivity contribution is 0.222. The van der Waals surface area contributed by atoms with Crippen LogP contribution in [0.3, 0.4) is 0 Å². The molecule has 8 heteroatoms. The van der Waals surface area contributed by atoms with Crippen LogP contribution in [0.25, 0.3) is 5.70 Å². The van der Waals surface area contributed by atoms with Crippen molar-refractivity contribution >= 4 is 27.6 Å². The van der Waals surface area contributed by atoms with Gasteiger partial charge in [0.2, 0.25) is 5.95 Å². The van der Waals surface area contributed by atoms with Crippen LogP contribution in [-0.2, 0) is 0 Å². The molecule has 0 bridgehead atoms. The number of nitrogens with zero attached hydrogens (tertiary/aromatic N) is 3. The maximum absolute atomic E-state index is 6.66. The molecule has 2 atom stereocenters. The summed E-state index contributed by atoms with van der Waals surface area (Å²) in [6.07, 6.45) is 1.19. The minimum absolute atomic E-state index is 0.215. The van der Waals surface area contributed by atoms with Crippen molar-refractivity contribution in [2.45, 2.75) is 12.1 Å². The molecule has 3 heterocycles. The summed E-state index contributed by atoms with van der Waals surface area (Å²) in [7, 11) is 3.27. The minimum Gasteiger partial charge on any atom is -0.493 e. The van der Waals surface area contributed by atoms with Crippen LogP contribution in [0.15, 0.2) is 83.1 Å². The molecule has 1 aromatic heterocycles. The molecular formula is C26H21BrN4O3. The Kier molecular flexibility index (Phi) is 5.03. The van der Waals surface area contributed by atoms with Crippen LogP contribution in [0.4, 0.5) is 5.95 Å². The standard InChI is InChI=1S/C26H21BrN4O3/c1-32-20-12-9-16(13-21(20)33-2)25-22-23(18-5-3-4-6-19(18)34-25)30-26-28-14-29-31(26)24(22)15-7-10-17(27)11-8-15/h3-14,24-25H,1-2H3,(H,28,29,30). The first-order valence-electron chi connectivity index (χ1n) is 10.8. The van der Waals surface area contributed by atoms with Crippen molar-refractivity contribution in [3.05, 3.63) is 99.8 Å². The molecule has 0 aliphatic carbocycles. The van der Waals surface area contributed by atoms with Crippen molar-refractivity contribution in [1.82, 2.24) is 14.8 Å². The van der Waals surface area contributed by atoms with Crippen LogP contribution in [0.5, 0.6) is 17.2 Å². The molecule has 0 spiro atoms. The van der Waals surface area contributed by atoms with E-state index in [1.54, 1.807) is 20.5 Å². The molecule has 34 heavy (non-hydrogen) atoms. The number of benzene rings is 3. The van der Waals surface area contributed by atoms with E-state index in [1.807, 2.05) is 53.2 Å². The molecule has 0 saturated heterocycles. The Morgan fingerprint density at radius 3 is 2.50 bits per heavy atom. The van der Waals surface area contributed by atoms with Gasteiger partial charge in [-0.3, -0.25) is 0 Å². The lowest BCUT2D eigenvalue weighted by atomic mass is 9.84. The highest BCUT2D eigenvalue weighted by molar-refractivity contribution is 9.10. The van der Waals surface area contributed by atoms with Gasteiger partial charge in [-0.05, 0) is 42.0 Å². The highest BCUT2D eigenvalue weighted by Gasteiger charge is 2.41. The Labute approximate surface area is 205 Å². The Morgan fingerprint density at radius 2 is 1.71 bits per heavy atom. The average Bonchev–Trinajstić information content (AvgIpc) is 3.35. The van der Waals surface area contributed by atoms with Crippen LogP contribution in [0.1, 0.15) is 28.8 Å². The molecule has 0 fully saturated rings. The lowest BCUT2D eigenvalue weighted by Crippen LogP contribution is -2.32. The van der Waals surface area contributed by atoms with Crippen LogP contribution in [0, 0.1) is 0 Å². The molecule has 0 radical (unpaired) electrons. The van der Waals surface area contributed by atoms with E-state index >= 15 is 0 Å². The van der Waals surface area contributed by atoms with Gasteiger partial charge in [-0.1, -0.05) is 46.3 Å². The molecule has 2 aliphatic rings. The van der Waals surface area contributed by atoms with Crippen molar-refractivity contribution < 1.29 is 14.2 Å². The van der Waals surface area contributed by atoms with Crippen LogP contribution < -0.4 is 19.5 Å². The Bertz CT molecular complexity index is 1410. The molecular weight excluding hydrogens is 496 g/mol. The summed E-state index contributed by atoms with van der Waals surface area (Å²) >= 11 is 3.55. The summed E-state index contributed by atoms with van der Waals surface area (Å²) in [5.74, 6) is 2.81. The van der Waals surface area contributed by atoms with Gasteiger partial charge in [-0.2, -0.15) is 10.1 Å². The number of fused-ring (bicyclic) bond motifs is 3. The first-order chi connectivity index (χ1) is 16.7. The second-order valence-electron chi connectivity index (χ2n) is 8.05. The number of aromatic nitrogens is 3. The van der Waals surface area contributed by atoms with Crippen LogP contribution in [0.2, 0.25) is 0 Å². The van der Waals surface area contributed by atoms with E-state index in [0.29, 0.717) is 17.4 Å². The second kappa shape index (κ2) is 8.22. The highest BCUT2D eigenvalue weighted by atomic mass is 79.9. The Morgan fingerprint density at radius 1 is 0.941 bits per heavy atom. The number of para-hydroxylation sites is 1. The number of hydrogen-bond donors (Lipinski definition) is 1. The van der Waals surface area contributed by atoms with Crippen LogP contribution >= 0.6 is 15.9 Å². The van der Waals surface area contributed by atoms with Gasteiger partial charge >= 0.3 is 0 Å². The van der Waals surface area contributed by atoms with E-state index < -0.39 is 0 Å². The SMILES string of the molecule is COc1ccc(C2Oc3ccccc3C3=C2C(c2ccc(Br)cc2)n2ncnc2N3)cc1OC. The summed E-state index contributed by atoms with van der Waals surface area (Å²) in [5, 5.41) is 8.09. The maximum Gasteiger partial charge on any atom is 0.226 e. The highest BCUT2D eigenvalue weighted by Crippen LogP contribution is 2.51. The first-order valence-corrected chi connectivity index (χ1v) is 11.6. The van der Waals surface area contributed by atoms with Gasteiger partial charge in [0.05, 0.1) is 19.9 Å². The van der Waals surface area contributed by atoms with E-state index in [0.717, 1.165) is 38.2 Å². The normalized spacial score (nSPS) is 18.2. The predicted molar refractivity (Wildman–Crippen MR) is 132 cm³/mol. The molecule has 0 saturated carbocycles. The fourth-order valence-electron chi connectivity index (χ4n) is 4.67. The van der Waals surface area contributed by atoms with Crippen molar-refractivity contribution in [3.63, 3.8) is 0 Å². The smallest absolute Gasteiger partial charge is 0.226 e. The maximum atomic E-state index is 6.66. The molecule has 7 nitrogen and oxygen atoms in total. The number of rotatable bonds is 4. The van der Waals surface area contributed by atoms with Crippen LogP contribution in [-0.4, -0.2) is 29.0 Å². The molecule has 1 N–H and O–H groups in total. The number of methoxy groups -OCH3 is 2. The van der Waals surface area contributed by atoms with Gasteiger partial charge in [-0.25, -0.2) is 4.68 Å². The molecule has 2 unspecified atom stereocenters. The van der Waals surface area contributed by atoms with Gasteiger partial charge in [-0.15, -0.1) is 0 Å². The number of anilines is 1. The van der Waals surface area contributed by atoms with Gasteiger partial charge in [0.15, 0.2) is 11.5 Å². The molecule has 6 rings (SSSR count). The fraction of sp³-hybridized carbons (Fsp3) is 0.154. The van der Waals surface area contributed by atoms with E-state index in [4.69, 9.17) is 14.2 Å². The molecule has 0 amide bonds. The Balaban J connectivity index is 1.60. The van der Waals surface area contributed by atoms with Crippen molar-refractivity contribution in [2.75, 3.05) is 19.5 Å². The summed E-state index contributed by atoms with van der Waals surface area (Å²) in [4.78, 5) is 4.48. The van der Waals surface area contributed by atoms with Gasteiger partial charge < -0.3 is 19.5 Å².